The van der Waals surface area contributed by atoms with Gasteiger partial charge >= 0.3 is 0 Å². The third-order valence-electron chi connectivity index (χ3n) is 4.62. The lowest BCUT2D eigenvalue weighted by Crippen LogP contribution is -2.42. The lowest BCUT2D eigenvalue weighted by Gasteiger charge is -2.40. The summed E-state index contributed by atoms with van der Waals surface area (Å²) in [5, 5.41) is 8.55. The topological polar surface area (TPSA) is 68.5 Å². The van der Waals surface area contributed by atoms with Gasteiger partial charge < -0.3 is 10.1 Å². The molecule has 0 spiro atoms. The third kappa shape index (κ3) is 4.20. The summed E-state index contributed by atoms with van der Waals surface area (Å²) in [7, 11) is 0. The van der Waals surface area contributed by atoms with Gasteiger partial charge in [-0.3, -0.25) is 4.79 Å². The molecule has 138 valence electrons. The first-order valence-electron chi connectivity index (χ1n) is 9.13. The number of aryl methyl sites for hydroxylation is 1. The Morgan fingerprint density at radius 1 is 1.44 bits per heavy atom. The highest BCUT2D eigenvalue weighted by Gasteiger charge is 2.35. The second-order valence-electron chi connectivity index (χ2n) is 7.88. The number of aromatic nitrogens is 3. The molecular formula is C18H28N4O2S. The summed E-state index contributed by atoms with van der Waals surface area (Å²) < 4.78 is 7.43. The zero-order valence-corrected chi connectivity index (χ0v) is 16.4. The number of fused-ring (bicyclic) bond motifs is 1. The number of hydrogen-bond donors (Lipinski definition) is 1. The van der Waals surface area contributed by atoms with E-state index in [1.54, 1.807) is 6.07 Å². The molecule has 6 nitrogen and oxygen atoms in total. The van der Waals surface area contributed by atoms with E-state index in [9.17, 15) is 4.79 Å². The van der Waals surface area contributed by atoms with Crippen LogP contribution in [0.25, 0.3) is 4.96 Å². The molecule has 7 heteroatoms. The van der Waals surface area contributed by atoms with Crippen molar-refractivity contribution < 1.29 is 4.74 Å². The number of rotatable bonds is 5. The molecule has 0 radical (unpaired) electrons. The van der Waals surface area contributed by atoms with Crippen LogP contribution < -0.4 is 10.9 Å². The first-order valence-corrected chi connectivity index (χ1v) is 9.95. The first-order chi connectivity index (χ1) is 11.9. The van der Waals surface area contributed by atoms with E-state index in [4.69, 9.17) is 4.74 Å². The van der Waals surface area contributed by atoms with Crippen molar-refractivity contribution in [2.75, 3.05) is 18.5 Å². The Morgan fingerprint density at radius 2 is 2.24 bits per heavy atom. The molecule has 1 aliphatic rings. The standard InChI is InChI=1S/C18H28N4O2S/c1-5-7-13-10-14(23)22-17(20-13)25-16(21-22)19-11-12-8-6-9-24-15(12)18(2,3)4/h10,12,15H,5-9,11H2,1-4H3,(H,19,21). The second-order valence-corrected chi connectivity index (χ2v) is 8.83. The number of nitrogens with zero attached hydrogens (tertiary/aromatic N) is 3. The van der Waals surface area contributed by atoms with Gasteiger partial charge in [-0.2, -0.15) is 4.52 Å². The molecule has 3 rings (SSSR count). The largest absolute Gasteiger partial charge is 0.377 e. The fourth-order valence-corrected chi connectivity index (χ4v) is 4.37. The average molecular weight is 365 g/mol. The summed E-state index contributed by atoms with van der Waals surface area (Å²) in [6.45, 7) is 10.4. The molecule has 0 bridgehead atoms. The highest BCUT2D eigenvalue weighted by molar-refractivity contribution is 7.20. The van der Waals surface area contributed by atoms with E-state index < -0.39 is 0 Å². The Labute approximate surface area is 152 Å². The zero-order chi connectivity index (χ0) is 18.0. The predicted octanol–water partition coefficient (Wildman–Crippen LogP) is 3.36. The van der Waals surface area contributed by atoms with Gasteiger partial charge in [0.15, 0.2) is 0 Å². The highest BCUT2D eigenvalue weighted by Crippen LogP contribution is 2.34. The summed E-state index contributed by atoms with van der Waals surface area (Å²) in [6, 6.07) is 1.59. The summed E-state index contributed by atoms with van der Waals surface area (Å²) in [5.74, 6) is 0.445. The van der Waals surface area contributed by atoms with Gasteiger partial charge in [-0.25, -0.2) is 4.98 Å². The van der Waals surface area contributed by atoms with Crippen LogP contribution in [-0.4, -0.2) is 33.9 Å². The van der Waals surface area contributed by atoms with Gasteiger partial charge in [0.1, 0.15) is 0 Å². The molecule has 1 fully saturated rings. The van der Waals surface area contributed by atoms with E-state index in [2.05, 4.69) is 43.1 Å². The van der Waals surface area contributed by atoms with E-state index in [1.165, 1.54) is 15.9 Å². The number of anilines is 1. The van der Waals surface area contributed by atoms with Gasteiger partial charge in [0, 0.05) is 30.8 Å². The fraction of sp³-hybridized carbons (Fsp3) is 0.722. The maximum atomic E-state index is 12.2. The van der Waals surface area contributed by atoms with Crippen molar-refractivity contribution in [1.82, 2.24) is 14.6 Å². The van der Waals surface area contributed by atoms with Gasteiger partial charge in [0.05, 0.1) is 6.10 Å². The molecule has 2 aromatic heterocycles. The molecule has 3 heterocycles. The molecule has 1 saturated heterocycles. The Morgan fingerprint density at radius 3 is 2.96 bits per heavy atom. The summed E-state index contributed by atoms with van der Waals surface area (Å²) in [6.07, 6.45) is 4.28. The molecule has 0 aliphatic carbocycles. The smallest absolute Gasteiger partial charge is 0.275 e. The number of ether oxygens (including phenoxy) is 1. The normalized spacial score (nSPS) is 21.6. The second kappa shape index (κ2) is 7.41. The molecule has 1 N–H and O–H groups in total. The summed E-state index contributed by atoms with van der Waals surface area (Å²) in [4.78, 5) is 17.4. The fourth-order valence-electron chi connectivity index (χ4n) is 3.54. The van der Waals surface area contributed by atoms with Crippen molar-refractivity contribution in [1.29, 1.82) is 0 Å². The zero-order valence-electron chi connectivity index (χ0n) is 15.5. The molecule has 0 saturated carbocycles. The van der Waals surface area contributed by atoms with Crippen LogP contribution in [0, 0.1) is 11.3 Å². The van der Waals surface area contributed by atoms with Crippen LogP contribution in [0.3, 0.4) is 0 Å². The maximum absolute atomic E-state index is 12.2. The van der Waals surface area contributed by atoms with Crippen molar-refractivity contribution in [3.63, 3.8) is 0 Å². The minimum Gasteiger partial charge on any atom is -0.377 e. The van der Waals surface area contributed by atoms with Gasteiger partial charge in [-0.05, 0) is 24.7 Å². The molecule has 25 heavy (non-hydrogen) atoms. The van der Waals surface area contributed by atoms with Crippen LogP contribution in [0.2, 0.25) is 0 Å². The van der Waals surface area contributed by atoms with Crippen molar-refractivity contribution in [3.8, 4) is 0 Å². The molecule has 0 aromatic carbocycles. The van der Waals surface area contributed by atoms with Crippen LogP contribution in [-0.2, 0) is 11.2 Å². The Bertz CT molecular complexity index is 777. The SMILES string of the molecule is CCCc1cc(=O)n2nc(NCC3CCCOC3C(C)(C)C)sc2n1. The van der Waals surface area contributed by atoms with Crippen LogP contribution >= 0.6 is 11.3 Å². The average Bonchev–Trinajstić information content (AvgIpc) is 2.96. The number of hydrogen-bond acceptors (Lipinski definition) is 6. The Kier molecular flexibility index (Phi) is 5.43. The third-order valence-corrected chi connectivity index (χ3v) is 5.48. The van der Waals surface area contributed by atoms with E-state index in [0.717, 1.165) is 49.7 Å². The van der Waals surface area contributed by atoms with Crippen molar-refractivity contribution >= 4 is 21.4 Å². The van der Waals surface area contributed by atoms with Gasteiger partial charge in [0.25, 0.3) is 5.56 Å². The van der Waals surface area contributed by atoms with Gasteiger partial charge in [0.2, 0.25) is 10.1 Å². The van der Waals surface area contributed by atoms with Crippen molar-refractivity contribution in [2.24, 2.45) is 11.3 Å². The lowest BCUT2D eigenvalue weighted by atomic mass is 9.78. The molecule has 0 amide bonds. The maximum Gasteiger partial charge on any atom is 0.275 e. The first kappa shape index (κ1) is 18.3. The predicted molar refractivity (Wildman–Crippen MR) is 102 cm³/mol. The van der Waals surface area contributed by atoms with E-state index in [0.29, 0.717) is 10.9 Å². The van der Waals surface area contributed by atoms with Crippen LogP contribution in [0.4, 0.5) is 5.13 Å². The molecule has 2 atom stereocenters. The summed E-state index contributed by atoms with van der Waals surface area (Å²) in [5.41, 5.74) is 0.857. The monoisotopic (exact) mass is 364 g/mol. The van der Waals surface area contributed by atoms with E-state index in [-0.39, 0.29) is 17.1 Å². The quantitative estimate of drug-likeness (QED) is 0.881. The Hall–Kier alpha value is -1.47. The Balaban J connectivity index is 1.74. The minimum absolute atomic E-state index is 0.105. The van der Waals surface area contributed by atoms with Crippen molar-refractivity contribution in [2.45, 2.75) is 59.5 Å². The molecule has 2 unspecified atom stereocenters. The minimum atomic E-state index is -0.105. The van der Waals surface area contributed by atoms with Gasteiger partial charge in [-0.1, -0.05) is 45.5 Å². The van der Waals surface area contributed by atoms with E-state index in [1.807, 2.05) is 0 Å². The van der Waals surface area contributed by atoms with Gasteiger partial charge in [-0.15, -0.1) is 5.10 Å². The molecular weight excluding hydrogens is 336 g/mol. The molecule has 1 aliphatic heterocycles. The van der Waals surface area contributed by atoms with Crippen LogP contribution in [0.15, 0.2) is 10.9 Å². The van der Waals surface area contributed by atoms with E-state index >= 15 is 0 Å². The lowest BCUT2D eigenvalue weighted by molar-refractivity contribution is -0.0814. The van der Waals surface area contributed by atoms with Crippen molar-refractivity contribution in [3.05, 3.63) is 22.1 Å². The van der Waals surface area contributed by atoms with Crippen LogP contribution in [0.5, 0.6) is 0 Å². The molecule has 2 aromatic rings. The van der Waals surface area contributed by atoms with Crippen LogP contribution in [0.1, 0.15) is 52.7 Å². The number of nitrogens with one attached hydrogen (secondary N) is 1. The summed E-state index contributed by atoms with van der Waals surface area (Å²) >= 11 is 1.44. The highest BCUT2D eigenvalue weighted by atomic mass is 32.1.